The van der Waals surface area contributed by atoms with Gasteiger partial charge < -0.3 is 10.2 Å². The van der Waals surface area contributed by atoms with E-state index in [0.29, 0.717) is 18.1 Å². The lowest BCUT2D eigenvalue weighted by atomic mass is 10.1. The second-order valence-corrected chi connectivity index (χ2v) is 8.54. The Labute approximate surface area is 199 Å². The quantitative estimate of drug-likeness (QED) is 0.450. The second kappa shape index (κ2) is 9.79. The fraction of sp³-hybridized carbons (Fsp3) is 0.222. The molecule has 34 heavy (non-hydrogen) atoms. The molecule has 0 aliphatic carbocycles. The smallest absolute Gasteiger partial charge is 0.254 e. The van der Waals surface area contributed by atoms with Crippen LogP contribution in [0.25, 0.3) is 0 Å². The number of nitrogens with zero attached hydrogens (tertiary/aromatic N) is 5. The molecule has 1 fully saturated rings. The molecule has 1 saturated heterocycles. The van der Waals surface area contributed by atoms with Gasteiger partial charge in [0.25, 0.3) is 5.91 Å². The number of anilines is 2. The van der Waals surface area contributed by atoms with E-state index in [1.807, 2.05) is 35.4 Å². The minimum atomic E-state index is -0.0773. The van der Waals surface area contributed by atoms with Gasteiger partial charge in [-0.2, -0.15) is 0 Å². The molecule has 1 N–H and O–H groups in total. The lowest BCUT2D eigenvalue weighted by molar-refractivity contribution is 0.0732. The topological polar surface area (TPSA) is 83.9 Å². The van der Waals surface area contributed by atoms with E-state index in [1.54, 1.807) is 24.7 Å². The van der Waals surface area contributed by atoms with Gasteiger partial charge in [0.05, 0.1) is 23.6 Å². The third kappa shape index (κ3) is 4.93. The van der Waals surface area contributed by atoms with E-state index in [4.69, 9.17) is 4.98 Å². The Bertz CT molecular complexity index is 1290. The third-order valence-corrected chi connectivity index (χ3v) is 5.96. The van der Waals surface area contributed by atoms with Crippen molar-refractivity contribution in [1.82, 2.24) is 24.8 Å². The summed E-state index contributed by atoms with van der Waals surface area (Å²) in [4.78, 5) is 33.1. The number of benzene rings is 2. The largest absolute Gasteiger partial charge is 0.330 e. The van der Waals surface area contributed by atoms with Crippen molar-refractivity contribution >= 4 is 17.5 Å². The van der Waals surface area contributed by atoms with Crippen LogP contribution in [0.1, 0.15) is 51.8 Å². The van der Waals surface area contributed by atoms with Gasteiger partial charge in [0.1, 0.15) is 0 Å². The molecule has 0 radical (unpaired) electrons. The molecule has 7 nitrogen and oxygen atoms in total. The first-order valence-electron chi connectivity index (χ1n) is 11.5. The number of carbonyl (C=O) groups is 1. The molecule has 2 aromatic carbocycles. The standard InChI is InChI=1S/C27H26N6O/c1-19-6-2-7-20(14-19)15-23-17-28-18-24(31-23)25-10-4-13-33(25)26(34)21-8-3-9-22(16-21)32-27-29-11-5-12-30-27/h2-3,5-9,11-12,14,16-18,25H,4,10,13,15H2,1H3,(H,29,30,32)/t25-/m0/s1. The summed E-state index contributed by atoms with van der Waals surface area (Å²) in [6.45, 7) is 2.79. The Kier molecular flexibility index (Phi) is 6.25. The summed E-state index contributed by atoms with van der Waals surface area (Å²) in [6, 6.07) is 17.6. The molecular formula is C27H26N6O. The minimum absolute atomic E-state index is 0.00832. The first-order chi connectivity index (χ1) is 16.7. The average molecular weight is 451 g/mol. The summed E-state index contributed by atoms with van der Waals surface area (Å²) >= 11 is 0. The molecule has 0 unspecified atom stereocenters. The predicted molar refractivity (Wildman–Crippen MR) is 131 cm³/mol. The third-order valence-electron chi connectivity index (χ3n) is 5.96. The molecular weight excluding hydrogens is 424 g/mol. The van der Waals surface area contributed by atoms with Crippen LogP contribution in [0.4, 0.5) is 11.6 Å². The summed E-state index contributed by atoms with van der Waals surface area (Å²) in [5.41, 5.74) is 5.59. The summed E-state index contributed by atoms with van der Waals surface area (Å²) < 4.78 is 0. The number of hydrogen-bond acceptors (Lipinski definition) is 6. The molecule has 5 rings (SSSR count). The second-order valence-electron chi connectivity index (χ2n) is 8.54. The molecule has 1 amide bonds. The molecule has 170 valence electrons. The molecule has 3 heterocycles. The van der Waals surface area contributed by atoms with Crippen LogP contribution in [0, 0.1) is 6.92 Å². The maximum absolute atomic E-state index is 13.5. The van der Waals surface area contributed by atoms with Crippen LogP contribution in [0.2, 0.25) is 0 Å². The molecule has 4 aromatic rings. The highest BCUT2D eigenvalue weighted by Crippen LogP contribution is 2.32. The van der Waals surface area contributed by atoms with Crippen molar-refractivity contribution in [3.8, 4) is 0 Å². The van der Waals surface area contributed by atoms with Crippen LogP contribution < -0.4 is 5.32 Å². The number of aromatic nitrogens is 4. The highest BCUT2D eigenvalue weighted by atomic mass is 16.2. The van der Waals surface area contributed by atoms with E-state index in [2.05, 4.69) is 51.5 Å². The fourth-order valence-electron chi connectivity index (χ4n) is 4.41. The van der Waals surface area contributed by atoms with Crippen LogP contribution in [0.15, 0.2) is 79.4 Å². The summed E-state index contributed by atoms with van der Waals surface area (Å²) in [7, 11) is 0. The molecule has 1 atom stereocenters. The normalized spacial score (nSPS) is 15.3. The van der Waals surface area contributed by atoms with Gasteiger partial charge in [0.2, 0.25) is 5.95 Å². The fourth-order valence-corrected chi connectivity index (χ4v) is 4.41. The van der Waals surface area contributed by atoms with Crippen molar-refractivity contribution < 1.29 is 4.79 Å². The average Bonchev–Trinajstić information content (AvgIpc) is 3.35. The monoisotopic (exact) mass is 450 g/mol. The zero-order valence-electron chi connectivity index (χ0n) is 19.1. The van der Waals surface area contributed by atoms with Crippen molar-refractivity contribution in [2.75, 3.05) is 11.9 Å². The maximum atomic E-state index is 13.5. The van der Waals surface area contributed by atoms with E-state index < -0.39 is 0 Å². The van der Waals surface area contributed by atoms with Gasteiger partial charge in [0, 0.05) is 42.8 Å². The van der Waals surface area contributed by atoms with Crippen molar-refractivity contribution in [2.24, 2.45) is 0 Å². The van der Waals surface area contributed by atoms with Gasteiger partial charge in [-0.15, -0.1) is 0 Å². The zero-order chi connectivity index (χ0) is 23.3. The van der Waals surface area contributed by atoms with Crippen molar-refractivity contribution in [3.63, 3.8) is 0 Å². The molecule has 2 aromatic heterocycles. The van der Waals surface area contributed by atoms with E-state index in [9.17, 15) is 4.79 Å². The van der Waals surface area contributed by atoms with Crippen molar-refractivity contribution in [1.29, 1.82) is 0 Å². The number of rotatable bonds is 6. The Morgan fingerprint density at radius 3 is 2.76 bits per heavy atom. The lowest BCUT2D eigenvalue weighted by Crippen LogP contribution is -2.31. The van der Waals surface area contributed by atoms with Crippen molar-refractivity contribution in [2.45, 2.75) is 32.2 Å². The SMILES string of the molecule is Cc1cccc(Cc2cncc([C@@H]3CCCN3C(=O)c3cccc(Nc4ncccn4)c3)n2)c1. The van der Waals surface area contributed by atoms with Crippen LogP contribution >= 0.6 is 0 Å². The van der Waals surface area contributed by atoms with Crippen LogP contribution in [0.3, 0.4) is 0 Å². The molecule has 1 aliphatic rings. The molecule has 0 bridgehead atoms. The Hall–Kier alpha value is -4.13. The van der Waals surface area contributed by atoms with E-state index >= 15 is 0 Å². The summed E-state index contributed by atoms with van der Waals surface area (Å²) in [5.74, 6) is 0.484. The van der Waals surface area contributed by atoms with Gasteiger partial charge in [-0.3, -0.25) is 14.8 Å². The molecule has 7 heteroatoms. The number of amides is 1. The van der Waals surface area contributed by atoms with Crippen LogP contribution in [0.5, 0.6) is 0 Å². The summed E-state index contributed by atoms with van der Waals surface area (Å²) in [5, 5.41) is 3.15. The molecule has 0 spiro atoms. The maximum Gasteiger partial charge on any atom is 0.254 e. The first-order valence-corrected chi connectivity index (χ1v) is 11.5. The molecule has 0 saturated carbocycles. The van der Waals surface area contributed by atoms with E-state index in [1.165, 1.54) is 11.1 Å². The van der Waals surface area contributed by atoms with Crippen molar-refractivity contribution in [3.05, 3.63) is 107 Å². The highest BCUT2D eigenvalue weighted by Gasteiger charge is 2.32. The van der Waals surface area contributed by atoms with Gasteiger partial charge in [-0.25, -0.2) is 9.97 Å². The number of nitrogens with one attached hydrogen (secondary N) is 1. The number of aryl methyl sites for hydroxylation is 1. The Morgan fingerprint density at radius 1 is 1.06 bits per heavy atom. The van der Waals surface area contributed by atoms with E-state index in [-0.39, 0.29) is 11.9 Å². The highest BCUT2D eigenvalue weighted by molar-refractivity contribution is 5.95. The van der Waals surface area contributed by atoms with Gasteiger partial charge in [-0.1, -0.05) is 35.9 Å². The lowest BCUT2D eigenvalue weighted by Gasteiger charge is -2.24. The number of hydrogen-bond donors (Lipinski definition) is 1. The zero-order valence-corrected chi connectivity index (χ0v) is 19.1. The number of likely N-dealkylation sites (tertiary alicyclic amines) is 1. The van der Waals surface area contributed by atoms with Crippen LogP contribution in [-0.4, -0.2) is 37.3 Å². The first kappa shape index (κ1) is 21.7. The predicted octanol–water partition coefficient (Wildman–Crippen LogP) is 4.89. The van der Waals surface area contributed by atoms with Crippen LogP contribution in [-0.2, 0) is 6.42 Å². The van der Waals surface area contributed by atoms with E-state index in [0.717, 1.165) is 36.3 Å². The molecule has 1 aliphatic heterocycles. The summed E-state index contributed by atoms with van der Waals surface area (Å²) in [6.07, 6.45) is 9.49. The van der Waals surface area contributed by atoms with Gasteiger partial charge in [0.15, 0.2) is 0 Å². The Morgan fingerprint density at radius 2 is 1.91 bits per heavy atom. The van der Waals surface area contributed by atoms with Gasteiger partial charge in [-0.05, 0) is 49.6 Å². The Balaban J connectivity index is 1.34. The van der Waals surface area contributed by atoms with Gasteiger partial charge >= 0.3 is 0 Å². The number of carbonyl (C=O) groups excluding carboxylic acids is 1. The minimum Gasteiger partial charge on any atom is -0.330 e.